The van der Waals surface area contributed by atoms with Crippen LogP contribution >= 0.6 is 0 Å². The maximum atomic E-state index is 11.3. The number of hydrogen-bond acceptors (Lipinski definition) is 3. The van der Waals surface area contributed by atoms with Crippen LogP contribution in [0.25, 0.3) is 0 Å². The van der Waals surface area contributed by atoms with Crippen LogP contribution in [-0.2, 0) is 9.53 Å². The van der Waals surface area contributed by atoms with Crippen LogP contribution in [0.15, 0.2) is 0 Å². The van der Waals surface area contributed by atoms with Crippen LogP contribution in [0.3, 0.4) is 0 Å². The van der Waals surface area contributed by atoms with E-state index < -0.39 is 0 Å². The minimum atomic E-state index is -0.139. The number of carbonyl (C=O) groups is 1. The molecule has 0 aromatic carbocycles. The van der Waals surface area contributed by atoms with Crippen molar-refractivity contribution in [2.45, 2.75) is 19.4 Å². The molecule has 66 valence electrons. The van der Waals surface area contributed by atoms with Gasteiger partial charge in [-0.1, -0.05) is 5.92 Å². The molecule has 1 unspecified atom stereocenters. The molecule has 0 aliphatic carbocycles. The van der Waals surface area contributed by atoms with Gasteiger partial charge in [0.2, 0.25) is 0 Å². The average Bonchev–Trinajstić information content (AvgIpc) is 2.15. The molecular weight excluding hydrogens is 154 g/mol. The Hall–Kier alpha value is -0.850. The average molecular weight is 167 g/mol. The van der Waals surface area contributed by atoms with Crippen molar-refractivity contribution in [3.8, 4) is 11.8 Å². The third-order valence-electron chi connectivity index (χ3n) is 1.75. The van der Waals surface area contributed by atoms with E-state index in [-0.39, 0.29) is 11.8 Å². The molecule has 1 aliphatic rings. The highest BCUT2D eigenvalue weighted by atomic mass is 16.5. The summed E-state index contributed by atoms with van der Waals surface area (Å²) in [4.78, 5) is 11.3. The number of ether oxygens (including phenoxy) is 1. The van der Waals surface area contributed by atoms with Crippen molar-refractivity contribution < 1.29 is 9.53 Å². The van der Waals surface area contributed by atoms with Gasteiger partial charge in [0.25, 0.3) is 0 Å². The van der Waals surface area contributed by atoms with E-state index in [0.29, 0.717) is 19.6 Å². The van der Waals surface area contributed by atoms with Crippen LogP contribution < -0.4 is 5.32 Å². The fraction of sp³-hybridized carbons (Fsp3) is 0.667. The van der Waals surface area contributed by atoms with Crippen molar-refractivity contribution in [2.75, 3.05) is 19.8 Å². The van der Waals surface area contributed by atoms with Crippen LogP contribution in [0.1, 0.15) is 13.3 Å². The van der Waals surface area contributed by atoms with E-state index >= 15 is 0 Å². The molecule has 1 N–H and O–H groups in total. The Morgan fingerprint density at radius 1 is 1.75 bits per heavy atom. The molecule has 1 rings (SSSR count). The molecule has 12 heavy (non-hydrogen) atoms. The topological polar surface area (TPSA) is 38.3 Å². The fourth-order valence-electron chi connectivity index (χ4n) is 1.07. The van der Waals surface area contributed by atoms with Gasteiger partial charge in [0.05, 0.1) is 25.7 Å². The van der Waals surface area contributed by atoms with Gasteiger partial charge in [-0.15, -0.1) is 5.92 Å². The zero-order chi connectivity index (χ0) is 8.81. The molecule has 0 aromatic rings. The van der Waals surface area contributed by atoms with Crippen molar-refractivity contribution >= 4 is 5.78 Å². The Balaban J connectivity index is 2.33. The quantitative estimate of drug-likeness (QED) is 0.586. The van der Waals surface area contributed by atoms with Gasteiger partial charge in [-0.05, 0) is 6.92 Å². The van der Waals surface area contributed by atoms with Gasteiger partial charge < -0.3 is 10.1 Å². The summed E-state index contributed by atoms with van der Waals surface area (Å²) in [6.45, 7) is 3.68. The van der Waals surface area contributed by atoms with Crippen LogP contribution in [0.4, 0.5) is 0 Å². The Kier molecular flexibility index (Phi) is 3.78. The second-order valence-electron chi connectivity index (χ2n) is 2.65. The fourth-order valence-corrected chi connectivity index (χ4v) is 1.07. The number of Topliss-reactive ketones (excluding diaryl/α,β-unsaturated/α-hetero) is 1. The van der Waals surface area contributed by atoms with Crippen molar-refractivity contribution in [2.24, 2.45) is 0 Å². The third-order valence-corrected chi connectivity index (χ3v) is 1.75. The summed E-state index contributed by atoms with van der Waals surface area (Å²) in [6, 6.07) is -0.139. The predicted molar refractivity (Wildman–Crippen MR) is 45.7 cm³/mol. The standard InChI is InChI=1S/C9H13NO2/c1-2-3-4-9(11)8-7-12-6-5-10-8/h8,10H,4-7H2,1H3. The first-order valence-corrected chi connectivity index (χ1v) is 4.08. The molecule has 0 saturated carbocycles. The van der Waals surface area contributed by atoms with Gasteiger partial charge in [0.15, 0.2) is 5.78 Å². The Morgan fingerprint density at radius 2 is 2.58 bits per heavy atom. The number of ketones is 1. The number of hydrogen-bond donors (Lipinski definition) is 1. The summed E-state index contributed by atoms with van der Waals surface area (Å²) in [7, 11) is 0. The Labute approximate surface area is 72.5 Å². The normalized spacial score (nSPS) is 22.6. The summed E-state index contributed by atoms with van der Waals surface area (Å²) in [5.41, 5.74) is 0. The zero-order valence-electron chi connectivity index (χ0n) is 7.22. The van der Waals surface area contributed by atoms with Gasteiger partial charge in [-0.25, -0.2) is 0 Å². The van der Waals surface area contributed by atoms with Crippen molar-refractivity contribution in [1.29, 1.82) is 0 Å². The van der Waals surface area contributed by atoms with Crippen molar-refractivity contribution in [1.82, 2.24) is 5.32 Å². The maximum absolute atomic E-state index is 11.3. The van der Waals surface area contributed by atoms with E-state index in [0.717, 1.165) is 6.54 Å². The SMILES string of the molecule is CC#CCC(=O)C1COCCN1. The zero-order valence-corrected chi connectivity index (χ0v) is 7.22. The van der Waals surface area contributed by atoms with Gasteiger partial charge in [-0.3, -0.25) is 4.79 Å². The molecule has 0 bridgehead atoms. The first kappa shape index (κ1) is 9.24. The largest absolute Gasteiger partial charge is 0.378 e. The lowest BCUT2D eigenvalue weighted by Gasteiger charge is -2.21. The summed E-state index contributed by atoms with van der Waals surface area (Å²) in [5.74, 6) is 5.58. The van der Waals surface area contributed by atoms with Gasteiger partial charge >= 0.3 is 0 Å². The highest BCUT2D eigenvalue weighted by Gasteiger charge is 2.19. The van der Waals surface area contributed by atoms with Crippen LogP contribution in [0.2, 0.25) is 0 Å². The maximum Gasteiger partial charge on any atom is 0.163 e. The van der Waals surface area contributed by atoms with E-state index in [9.17, 15) is 4.79 Å². The van der Waals surface area contributed by atoms with Crippen LogP contribution in [0.5, 0.6) is 0 Å². The molecule has 0 spiro atoms. The summed E-state index contributed by atoms with van der Waals surface area (Å²) in [5, 5.41) is 3.09. The summed E-state index contributed by atoms with van der Waals surface area (Å²) in [6.07, 6.45) is 0.331. The number of morpholine rings is 1. The van der Waals surface area contributed by atoms with E-state index in [1.165, 1.54) is 0 Å². The molecular formula is C9H13NO2. The molecule has 3 nitrogen and oxygen atoms in total. The third kappa shape index (κ3) is 2.65. The lowest BCUT2D eigenvalue weighted by atomic mass is 10.1. The molecule has 1 heterocycles. The Morgan fingerprint density at radius 3 is 3.17 bits per heavy atom. The lowest BCUT2D eigenvalue weighted by molar-refractivity contribution is -0.122. The summed E-state index contributed by atoms with van der Waals surface area (Å²) < 4.78 is 5.15. The van der Waals surface area contributed by atoms with Crippen LogP contribution in [-0.4, -0.2) is 31.6 Å². The minimum Gasteiger partial charge on any atom is -0.378 e. The first-order valence-electron chi connectivity index (χ1n) is 4.08. The number of carbonyl (C=O) groups excluding carboxylic acids is 1. The van der Waals surface area contributed by atoms with E-state index in [2.05, 4.69) is 17.2 Å². The molecule has 0 aromatic heterocycles. The number of nitrogens with one attached hydrogen (secondary N) is 1. The van der Waals surface area contributed by atoms with E-state index in [4.69, 9.17) is 4.74 Å². The predicted octanol–water partition coefficient (Wildman–Crippen LogP) is -0.0427. The lowest BCUT2D eigenvalue weighted by Crippen LogP contribution is -2.46. The van der Waals surface area contributed by atoms with E-state index in [1.807, 2.05) is 0 Å². The molecule has 1 aliphatic heterocycles. The smallest absolute Gasteiger partial charge is 0.163 e. The highest BCUT2D eigenvalue weighted by Crippen LogP contribution is 1.96. The highest BCUT2D eigenvalue weighted by molar-refractivity contribution is 5.86. The van der Waals surface area contributed by atoms with Gasteiger partial charge in [-0.2, -0.15) is 0 Å². The molecule has 1 fully saturated rings. The van der Waals surface area contributed by atoms with Gasteiger partial charge in [0, 0.05) is 6.54 Å². The summed E-state index contributed by atoms with van der Waals surface area (Å²) >= 11 is 0. The van der Waals surface area contributed by atoms with Crippen molar-refractivity contribution in [3.05, 3.63) is 0 Å². The Bertz CT molecular complexity index is 208. The molecule has 3 heteroatoms. The first-order chi connectivity index (χ1) is 5.84. The van der Waals surface area contributed by atoms with Crippen molar-refractivity contribution in [3.63, 3.8) is 0 Å². The molecule has 0 radical (unpaired) electrons. The number of rotatable bonds is 2. The second kappa shape index (κ2) is 4.91. The minimum absolute atomic E-state index is 0.129. The second-order valence-corrected chi connectivity index (χ2v) is 2.65. The molecule has 1 atom stereocenters. The van der Waals surface area contributed by atoms with Crippen LogP contribution in [0, 0.1) is 11.8 Å². The van der Waals surface area contributed by atoms with E-state index in [1.54, 1.807) is 6.92 Å². The molecule has 0 amide bonds. The van der Waals surface area contributed by atoms with Gasteiger partial charge in [0.1, 0.15) is 0 Å². The monoisotopic (exact) mass is 167 g/mol. The molecule has 1 saturated heterocycles.